The molecule has 0 fully saturated rings. The minimum atomic E-state index is -0.530. The van der Waals surface area contributed by atoms with Gasteiger partial charge in [-0.2, -0.15) is 0 Å². The van der Waals surface area contributed by atoms with E-state index < -0.39 is 5.97 Å². The van der Waals surface area contributed by atoms with Gasteiger partial charge in [0.05, 0.1) is 17.9 Å². The topological polar surface area (TPSA) is 90.7 Å². The van der Waals surface area contributed by atoms with Crippen LogP contribution in [0.3, 0.4) is 0 Å². The number of ether oxygens (including phenoxy) is 2. The molecule has 0 aliphatic heterocycles. The van der Waals surface area contributed by atoms with E-state index in [9.17, 15) is 9.59 Å². The van der Waals surface area contributed by atoms with E-state index in [-0.39, 0.29) is 19.1 Å². The van der Waals surface area contributed by atoms with Crippen LogP contribution in [0.15, 0.2) is 28.8 Å². The van der Waals surface area contributed by atoms with Gasteiger partial charge in [-0.3, -0.25) is 9.59 Å². The third-order valence-corrected chi connectivity index (χ3v) is 3.84. The first-order valence-electron chi connectivity index (χ1n) is 8.59. The standard InChI is InChI=1S/C19H24N2O5/c1-4-5-10-24-16-8-6-15(7-9-16)19(23)20-11-18(22)25-12-17-13(2)21-26-14(17)3/h6-9H,4-5,10-12H2,1-3H3,(H,20,23). The molecule has 0 aliphatic carbocycles. The number of unbranched alkanes of at least 4 members (excludes halogenated alkanes) is 1. The van der Waals surface area contributed by atoms with Crippen molar-refractivity contribution in [2.75, 3.05) is 13.2 Å². The molecule has 1 aromatic carbocycles. The summed E-state index contributed by atoms with van der Waals surface area (Å²) in [7, 11) is 0. The molecule has 2 rings (SSSR count). The SMILES string of the molecule is CCCCOc1ccc(C(=O)NCC(=O)OCc2c(C)noc2C)cc1. The summed E-state index contributed by atoms with van der Waals surface area (Å²) in [6.07, 6.45) is 2.05. The van der Waals surface area contributed by atoms with Gasteiger partial charge < -0.3 is 19.3 Å². The van der Waals surface area contributed by atoms with Crippen molar-refractivity contribution in [1.29, 1.82) is 0 Å². The van der Waals surface area contributed by atoms with Gasteiger partial charge in [-0.15, -0.1) is 0 Å². The summed E-state index contributed by atoms with van der Waals surface area (Å²) in [6.45, 7) is 6.13. The maximum atomic E-state index is 12.1. The molecule has 0 spiro atoms. The molecule has 26 heavy (non-hydrogen) atoms. The van der Waals surface area contributed by atoms with E-state index in [1.165, 1.54) is 0 Å². The van der Waals surface area contributed by atoms with Gasteiger partial charge in [0, 0.05) is 5.56 Å². The molecule has 1 aromatic heterocycles. The Morgan fingerprint density at radius 2 is 1.92 bits per heavy atom. The van der Waals surface area contributed by atoms with E-state index in [0.29, 0.717) is 29.4 Å². The lowest BCUT2D eigenvalue weighted by molar-refractivity contribution is -0.143. The number of nitrogens with zero attached hydrogens (tertiary/aromatic N) is 1. The second-order valence-corrected chi connectivity index (χ2v) is 5.87. The number of hydrogen-bond donors (Lipinski definition) is 1. The zero-order chi connectivity index (χ0) is 18.9. The fraction of sp³-hybridized carbons (Fsp3) is 0.421. The summed E-state index contributed by atoms with van der Waals surface area (Å²) in [4.78, 5) is 23.9. The molecule has 0 unspecified atom stereocenters. The van der Waals surface area contributed by atoms with Crippen LogP contribution in [0.2, 0.25) is 0 Å². The van der Waals surface area contributed by atoms with Crippen LogP contribution in [-0.4, -0.2) is 30.2 Å². The van der Waals surface area contributed by atoms with Gasteiger partial charge in [0.15, 0.2) is 0 Å². The second-order valence-electron chi connectivity index (χ2n) is 5.87. The maximum Gasteiger partial charge on any atom is 0.325 e. The number of aromatic nitrogens is 1. The summed E-state index contributed by atoms with van der Waals surface area (Å²) in [5.74, 6) is 0.451. The van der Waals surface area contributed by atoms with Gasteiger partial charge in [-0.1, -0.05) is 18.5 Å². The first-order valence-corrected chi connectivity index (χ1v) is 8.59. The molecule has 0 atom stereocenters. The van der Waals surface area contributed by atoms with Crippen molar-refractivity contribution < 1.29 is 23.6 Å². The number of rotatable bonds is 9. The summed E-state index contributed by atoms with van der Waals surface area (Å²) in [6, 6.07) is 6.79. The molecule has 1 amide bonds. The number of esters is 1. The van der Waals surface area contributed by atoms with Crippen LogP contribution in [0.5, 0.6) is 5.75 Å². The Bertz CT molecular complexity index is 717. The summed E-state index contributed by atoms with van der Waals surface area (Å²) in [5, 5.41) is 6.33. The normalized spacial score (nSPS) is 10.4. The number of hydrogen-bond acceptors (Lipinski definition) is 6. The smallest absolute Gasteiger partial charge is 0.325 e. The Morgan fingerprint density at radius 3 is 2.54 bits per heavy atom. The third-order valence-electron chi connectivity index (χ3n) is 3.84. The Labute approximate surface area is 152 Å². The van der Waals surface area contributed by atoms with Crippen molar-refractivity contribution in [3.05, 3.63) is 46.8 Å². The van der Waals surface area contributed by atoms with Crippen LogP contribution in [-0.2, 0) is 16.1 Å². The van der Waals surface area contributed by atoms with Gasteiger partial charge in [0.1, 0.15) is 24.7 Å². The quantitative estimate of drug-likeness (QED) is 0.546. The van der Waals surface area contributed by atoms with Gasteiger partial charge in [0.25, 0.3) is 5.91 Å². The minimum Gasteiger partial charge on any atom is -0.494 e. The summed E-state index contributed by atoms with van der Waals surface area (Å²) >= 11 is 0. The Balaban J connectivity index is 1.76. The van der Waals surface area contributed by atoms with Gasteiger partial charge in [-0.05, 0) is 44.5 Å². The molecule has 1 N–H and O–H groups in total. The number of aryl methyl sites for hydroxylation is 2. The van der Waals surface area contributed by atoms with Crippen molar-refractivity contribution in [3.63, 3.8) is 0 Å². The van der Waals surface area contributed by atoms with E-state index >= 15 is 0 Å². The Morgan fingerprint density at radius 1 is 1.19 bits per heavy atom. The zero-order valence-electron chi connectivity index (χ0n) is 15.3. The largest absolute Gasteiger partial charge is 0.494 e. The maximum absolute atomic E-state index is 12.1. The molecular weight excluding hydrogens is 336 g/mol. The molecule has 0 aliphatic rings. The Kier molecular flexibility index (Phi) is 7.20. The van der Waals surface area contributed by atoms with Crippen molar-refractivity contribution in [2.45, 2.75) is 40.2 Å². The van der Waals surface area contributed by atoms with Crippen LogP contribution in [0, 0.1) is 13.8 Å². The fourth-order valence-electron chi connectivity index (χ4n) is 2.20. The van der Waals surface area contributed by atoms with Crippen molar-refractivity contribution in [3.8, 4) is 5.75 Å². The van der Waals surface area contributed by atoms with Gasteiger partial charge in [-0.25, -0.2) is 0 Å². The van der Waals surface area contributed by atoms with Crippen molar-refractivity contribution >= 4 is 11.9 Å². The Hall–Kier alpha value is -2.83. The van der Waals surface area contributed by atoms with Crippen LogP contribution >= 0.6 is 0 Å². The van der Waals surface area contributed by atoms with Crippen molar-refractivity contribution in [2.24, 2.45) is 0 Å². The van der Waals surface area contributed by atoms with E-state index in [0.717, 1.165) is 18.4 Å². The molecular formula is C19H24N2O5. The molecule has 1 heterocycles. The van der Waals surface area contributed by atoms with Gasteiger partial charge >= 0.3 is 5.97 Å². The highest BCUT2D eigenvalue weighted by molar-refractivity contribution is 5.96. The highest BCUT2D eigenvalue weighted by Crippen LogP contribution is 2.14. The average molecular weight is 360 g/mol. The highest BCUT2D eigenvalue weighted by Gasteiger charge is 2.13. The predicted octanol–water partition coefficient (Wildman–Crippen LogP) is 2.94. The molecule has 0 saturated heterocycles. The van der Waals surface area contributed by atoms with Crippen LogP contribution in [0.4, 0.5) is 0 Å². The highest BCUT2D eigenvalue weighted by atomic mass is 16.5. The van der Waals surface area contributed by atoms with Crippen LogP contribution in [0.1, 0.15) is 47.1 Å². The van der Waals surface area contributed by atoms with Crippen molar-refractivity contribution in [1.82, 2.24) is 10.5 Å². The first kappa shape index (κ1) is 19.5. The lowest BCUT2D eigenvalue weighted by atomic mass is 10.2. The number of benzene rings is 1. The van der Waals surface area contributed by atoms with Gasteiger partial charge in [0.2, 0.25) is 0 Å². The lowest BCUT2D eigenvalue weighted by Gasteiger charge is -2.08. The van der Waals surface area contributed by atoms with E-state index in [1.54, 1.807) is 38.1 Å². The number of nitrogens with one attached hydrogen (secondary N) is 1. The molecule has 0 bridgehead atoms. The summed E-state index contributed by atoms with van der Waals surface area (Å²) in [5.41, 5.74) is 1.87. The molecule has 0 radical (unpaired) electrons. The van der Waals surface area contributed by atoms with E-state index in [2.05, 4.69) is 17.4 Å². The number of carbonyl (C=O) groups is 2. The first-order chi connectivity index (χ1) is 12.5. The zero-order valence-corrected chi connectivity index (χ0v) is 15.3. The number of carbonyl (C=O) groups excluding carboxylic acids is 2. The summed E-state index contributed by atoms with van der Waals surface area (Å²) < 4.78 is 15.7. The molecule has 140 valence electrons. The van der Waals surface area contributed by atoms with Crippen LogP contribution in [0.25, 0.3) is 0 Å². The molecule has 7 heteroatoms. The van der Waals surface area contributed by atoms with Crippen LogP contribution < -0.4 is 10.1 Å². The molecule has 0 saturated carbocycles. The monoisotopic (exact) mass is 360 g/mol. The predicted molar refractivity (Wildman–Crippen MR) is 95.0 cm³/mol. The third kappa shape index (κ3) is 5.61. The van der Waals surface area contributed by atoms with E-state index in [4.69, 9.17) is 14.0 Å². The second kappa shape index (κ2) is 9.60. The minimum absolute atomic E-state index is 0.0691. The average Bonchev–Trinajstić information content (AvgIpc) is 2.96. The lowest BCUT2D eigenvalue weighted by Crippen LogP contribution is -2.30. The molecule has 2 aromatic rings. The molecule has 7 nitrogen and oxygen atoms in total. The number of amides is 1. The van der Waals surface area contributed by atoms with E-state index in [1.807, 2.05) is 0 Å². The fourth-order valence-corrected chi connectivity index (χ4v) is 2.20.